The van der Waals surface area contributed by atoms with E-state index in [2.05, 4.69) is 6.58 Å². The van der Waals surface area contributed by atoms with Gasteiger partial charge in [0.2, 0.25) is 0 Å². The van der Waals surface area contributed by atoms with E-state index in [-0.39, 0.29) is 35.5 Å². The van der Waals surface area contributed by atoms with Crippen molar-refractivity contribution in [3.8, 4) is 0 Å². The number of hydrogen-bond donors (Lipinski definition) is 0. The van der Waals surface area contributed by atoms with Crippen LogP contribution in [0.5, 0.6) is 0 Å². The van der Waals surface area contributed by atoms with Crippen LogP contribution in [0, 0.1) is 17.8 Å². The molecule has 0 N–H and O–H groups in total. The molecule has 3 fully saturated rings. The highest BCUT2D eigenvalue weighted by Crippen LogP contribution is 2.50. The molecule has 7 nitrogen and oxygen atoms in total. The summed E-state index contributed by atoms with van der Waals surface area (Å²) in [5.41, 5.74) is -0.248. The molecule has 3 aliphatic heterocycles. The van der Waals surface area contributed by atoms with Crippen LogP contribution in [-0.2, 0) is 33.3 Å². The Morgan fingerprint density at radius 2 is 1.97 bits per heavy atom. The van der Waals surface area contributed by atoms with Crippen molar-refractivity contribution in [2.45, 2.75) is 96.4 Å². The molecule has 0 amide bonds. The van der Waals surface area contributed by atoms with Gasteiger partial charge < -0.3 is 18.9 Å². The zero-order chi connectivity index (χ0) is 23.6. The van der Waals surface area contributed by atoms with Crippen molar-refractivity contribution in [2.75, 3.05) is 0 Å². The maximum atomic E-state index is 13.4. The molecule has 7 heteroatoms. The van der Waals surface area contributed by atoms with Crippen molar-refractivity contribution in [2.24, 2.45) is 17.8 Å². The fraction of sp³-hybridized carbons (Fsp3) is 0.720. The number of esters is 2. The molecule has 176 valence electrons. The molecule has 0 spiro atoms. The number of ketones is 1. The third kappa shape index (κ3) is 3.83. The lowest BCUT2D eigenvalue weighted by molar-refractivity contribution is -0.157. The quantitative estimate of drug-likeness (QED) is 0.277. The van der Waals surface area contributed by atoms with E-state index >= 15 is 0 Å². The monoisotopic (exact) mass is 446 g/mol. The van der Waals surface area contributed by atoms with E-state index in [0.29, 0.717) is 19.3 Å². The molecule has 32 heavy (non-hydrogen) atoms. The molecule has 4 aliphatic rings. The zero-order valence-electron chi connectivity index (χ0n) is 19.8. The van der Waals surface area contributed by atoms with Gasteiger partial charge in [0.05, 0.1) is 29.6 Å². The number of hydrogen-bond acceptors (Lipinski definition) is 7. The average molecular weight is 447 g/mol. The lowest BCUT2D eigenvalue weighted by atomic mass is 9.77. The SMILES string of the molecule is C=C1C(=O)O[C@@H]2/C=C(/C)C(C(=O)C3(C)OC3C)C[C@H]3O[C@]3(C)CC(OC(=O)C(C)CC)[C@@H]12. The number of rotatable bonds is 5. The third-order valence-electron chi connectivity index (χ3n) is 7.96. The Morgan fingerprint density at radius 1 is 1.31 bits per heavy atom. The van der Waals surface area contributed by atoms with Crippen LogP contribution in [0.4, 0.5) is 0 Å². The largest absolute Gasteiger partial charge is 0.461 e. The molecule has 0 saturated carbocycles. The standard InChI is InChI=1S/C25H34O7/c1-8-12(2)22(27)30-18-11-24(6)19(32-24)10-16(21(26)25(7)15(5)31-25)13(3)9-17-20(18)14(4)23(28)29-17/h9,12,15-20H,4,8,10-11H2,1-3,5-7H3/b13-9-/t12?,15?,16?,17-,18?,19-,20+,24-,25?/m1/s1. The minimum atomic E-state index is -0.793. The summed E-state index contributed by atoms with van der Waals surface area (Å²) in [6, 6.07) is 0. The smallest absolute Gasteiger partial charge is 0.334 e. The van der Waals surface area contributed by atoms with Gasteiger partial charge >= 0.3 is 11.9 Å². The van der Waals surface area contributed by atoms with Crippen molar-refractivity contribution in [3.05, 3.63) is 23.8 Å². The van der Waals surface area contributed by atoms with Crippen LogP contribution in [0.15, 0.2) is 23.8 Å². The number of carbonyl (C=O) groups is 3. The topological polar surface area (TPSA) is 94.7 Å². The number of carbonyl (C=O) groups excluding carboxylic acids is 3. The van der Waals surface area contributed by atoms with Gasteiger partial charge in [-0.15, -0.1) is 0 Å². The van der Waals surface area contributed by atoms with Crippen LogP contribution in [-0.4, -0.2) is 53.3 Å². The summed E-state index contributed by atoms with van der Waals surface area (Å²) in [6.07, 6.45) is 1.90. The fourth-order valence-electron chi connectivity index (χ4n) is 5.05. The van der Waals surface area contributed by atoms with Gasteiger partial charge in [-0.2, -0.15) is 0 Å². The minimum Gasteiger partial charge on any atom is -0.461 e. The third-order valence-corrected chi connectivity index (χ3v) is 7.96. The van der Waals surface area contributed by atoms with E-state index in [4.69, 9.17) is 18.9 Å². The fourth-order valence-corrected chi connectivity index (χ4v) is 5.05. The van der Waals surface area contributed by atoms with Gasteiger partial charge in [-0.05, 0) is 46.6 Å². The average Bonchev–Trinajstić information content (AvgIpc) is 3.53. The predicted molar refractivity (Wildman–Crippen MR) is 116 cm³/mol. The van der Waals surface area contributed by atoms with E-state index < -0.39 is 41.2 Å². The molecule has 0 aromatic heterocycles. The van der Waals surface area contributed by atoms with Gasteiger partial charge in [-0.1, -0.05) is 26.0 Å². The second-order valence-electron chi connectivity index (χ2n) is 10.3. The Morgan fingerprint density at radius 3 is 2.56 bits per heavy atom. The van der Waals surface area contributed by atoms with Crippen LogP contribution in [0.25, 0.3) is 0 Å². The van der Waals surface area contributed by atoms with Crippen molar-refractivity contribution in [1.82, 2.24) is 0 Å². The summed E-state index contributed by atoms with van der Waals surface area (Å²) in [5.74, 6) is -1.95. The molecular formula is C25H34O7. The van der Waals surface area contributed by atoms with Gasteiger partial charge in [0.25, 0.3) is 0 Å². The number of fused-ring (bicyclic) bond motifs is 2. The van der Waals surface area contributed by atoms with E-state index in [0.717, 1.165) is 5.57 Å². The summed E-state index contributed by atoms with van der Waals surface area (Å²) in [5, 5.41) is 0. The van der Waals surface area contributed by atoms with Crippen molar-refractivity contribution in [1.29, 1.82) is 0 Å². The highest BCUT2D eigenvalue weighted by atomic mass is 16.6. The Bertz CT molecular complexity index is 891. The first-order valence-corrected chi connectivity index (χ1v) is 11.6. The van der Waals surface area contributed by atoms with E-state index in [1.54, 1.807) is 0 Å². The first-order chi connectivity index (χ1) is 14.9. The second kappa shape index (κ2) is 7.80. The molecule has 5 unspecified atom stereocenters. The molecular weight excluding hydrogens is 412 g/mol. The molecule has 1 aliphatic carbocycles. The summed E-state index contributed by atoms with van der Waals surface area (Å²) in [7, 11) is 0. The molecule has 0 bridgehead atoms. The molecule has 0 radical (unpaired) electrons. The van der Waals surface area contributed by atoms with Crippen molar-refractivity contribution in [3.63, 3.8) is 0 Å². The lowest BCUT2D eigenvalue weighted by Crippen LogP contribution is -2.39. The van der Waals surface area contributed by atoms with Gasteiger partial charge in [0, 0.05) is 17.9 Å². The summed E-state index contributed by atoms with van der Waals surface area (Å²) < 4.78 is 23.2. The van der Waals surface area contributed by atoms with Gasteiger partial charge in [-0.25, -0.2) is 4.79 Å². The number of allylic oxidation sites excluding steroid dienone is 1. The Labute approximate surface area is 189 Å². The lowest BCUT2D eigenvalue weighted by Gasteiger charge is -2.30. The number of Topliss-reactive ketones (excluding diaryl/α,β-unsaturated/α-hetero) is 1. The molecule has 0 aromatic rings. The van der Waals surface area contributed by atoms with Crippen molar-refractivity contribution >= 4 is 17.7 Å². The second-order valence-corrected chi connectivity index (χ2v) is 10.3. The summed E-state index contributed by atoms with van der Waals surface area (Å²) >= 11 is 0. The van der Waals surface area contributed by atoms with E-state index in [1.165, 1.54) is 0 Å². The zero-order valence-corrected chi connectivity index (χ0v) is 19.8. The molecule has 9 atom stereocenters. The molecule has 3 saturated heterocycles. The Balaban J connectivity index is 1.69. The Kier molecular flexibility index (Phi) is 5.65. The van der Waals surface area contributed by atoms with Gasteiger partial charge in [0.15, 0.2) is 11.4 Å². The normalized spacial score (nSPS) is 45.5. The first-order valence-electron chi connectivity index (χ1n) is 11.6. The van der Waals surface area contributed by atoms with Crippen LogP contribution in [0.3, 0.4) is 0 Å². The minimum absolute atomic E-state index is 0.0246. The maximum Gasteiger partial charge on any atom is 0.334 e. The maximum absolute atomic E-state index is 13.4. The molecule has 4 rings (SSSR count). The molecule has 3 heterocycles. The number of epoxide rings is 2. The van der Waals surface area contributed by atoms with Crippen LogP contribution in [0.1, 0.15) is 60.8 Å². The summed E-state index contributed by atoms with van der Waals surface area (Å²) in [4.78, 5) is 38.5. The summed E-state index contributed by atoms with van der Waals surface area (Å²) in [6.45, 7) is 15.3. The van der Waals surface area contributed by atoms with Crippen LogP contribution < -0.4 is 0 Å². The predicted octanol–water partition coefficient (Wildman–Crippen LogP) is 3.30. The van der Waals surface area contributed by atoms with Crippen LogP contribution >= 0.6 is 0 Å². The van der Waals surface area contributed by atoms with Gasteiger partial charge in [0.1, 0.15) is 12.2 Å². The van der Waals surface area contributed by atoms with Crippen molar-refractivity contribution < 1.29 is 33.3 Å². The highest BCUT2D eigenvalue weighted by molar-refractivity contribution is 5.94. The van der Waals surface area contributed by atoms with Gasteiger partial charge in [-0.3, -0.25) is 9.59 Å². The van der Waals surface area contributed by atoms with Crippen LogP contribution in [0.2, 0.25) is 0 Å². The van der Waals surface area contributed by atoms with E-state index in [9.17, 15) is 14.4 Å². The number of ether oxygens (including phenoxy) is 4. The highest BCUT2D eigenvalue weighted by Gasteiger charge is 2.61. The Hall–Kier alpha value is -1.99. The first kappa shape index (κ1) is 23.2. The molecule has 0 aromatic carbocycles. The van der Waals surface area contributed by atoms with E-state index in [1.807, 2.05) is 47.6 Å².